The zero-order chi connectivity index (χ0) is 35.3. The smallest absolute Gasteiger partial charge is 0.102 e. The molecular weight excluding hydrogens is 756 g/mol. The van der Waals surface area contributed by atoms with Gasteiger partial charge in [0.05, 0.1) is 52.6 Å². The van der Waals surface area contributed by atoms with Crippen LogP contribution in [0.3, 0.4) is 0 Å². The molecule has 0 radical (unpaired) electrons. The van der Waals surface area contributed by atoms with Gasteiger partial charge in [-0.2, -0.15) is 0 Å². The molecule has 0 amide bonds. The van der Waals surface area contributed by atoms with E-state index in [-0.39, 0.29) is 60.4 Å². The third kappa shape index (κ3) is 33.3. The molecule has 0 aliphatic heterocycles. The summed E-state index contributed by atoms with van der Waals surface area (Å²) in [6.07, 6.45) is 37.1. The topological polar surface area (TPSA) is 80.9 Å². The minimum Gasteiger partial charge on any atom is -1.00 e. The molecule has 0 heterocycles. The number of halogens is 2. The zero-order valence-electron chi connectivity index (χ0n) is 33.7. The van der Waals surface area contributed by atoms with Crippen LogP contribution in [-0.2, 0) is 0 Å². The molecule has 0 rings (SSSR count). The van der Waals surface area contributed by atoms with Gasteiger partial charge < -0.3 is 63.4 Å². The van der Waals surface area contributed by atoms with Crippen LogP contribution in [-0.4, -0.2) is 108 Å². The van der Waals surface area contributed by atoms with Gasteiger partial charge in [0.2, 0.25) is 0 Å². The van der Waals surface area contributed by atoms with E-state index in [1.165, 1.54) is 167 Å². The van der Waals surface area contributed by atoms with E-state index >= 15 is 0 Å². The van der Waals surface area contributed by atoms with Crippen LogP contribution < -0.4 is 34.0 Å². The molecule has 8 heteroatoms. The van der Waals surface area contributed by atoms with Gasteiger partial charge in [-0.15, -0.1) is 0 Å². The van der Waals surface area contributed by atoms with E-state index in [4.69, 9.17) is 0 Å². The van der Waals surface area contributed by atoms with Gasteiger partial charge in [0.15, 0.2) is 0 Å². The van der Waals surface area contributed by atoms with Gasteiger partial charge in [-0.3, -0.25) is 0 Å². The number of rotatable bonds is 41. The molecule has 0 aromatic carbocycles. The van der Waals surface area contributed by atoms with Crippen molar-refractivity contribution >= 4 is 0 Å². The summed E-state index contributed by atoms with van der Waals surface area (Å²) in [5.41, 5.74) is 0. The highest BCUT2D eigenvalue weighted by Crippen LogP contribution is 2.19. The van der Waals surface area contributed by atoms with Crippen LogP contribution in [0.1, 0.15) is 194 Å². The molecule has 0 saturated carbocycles. The Morgan fingerprint density at radius 3 is 0.560 bits per heavy atom. The Labute approximate surface area is 334 Å². The third-order valence-electron chi connectivity index (χ3n) is 11.3. The normalized spacial score (nSPS) is 11.9. The lowest BCUT2D eigenvalue weighted by atomic mass is 10.0. The molecule has 0 aromatic heterocycles. The van der Waals surface area contributed by atoms with E-state index in [2.05, 4.69) is 13.8 Å². The lowest BCUT2D eigenvalue weighted by Crippen LogP contribution is -3.00. The zero-order valence-corrected chi connectivity index (χ0v) is 36.9. The summed E-state index contributed by atoms with van der Waals surface area (Å²) in [7, 11) is 0. The summed E-state index contributed by atoms with van der Waals surface area (Å²) in [6, 6.07) is 0. The number of nitrogens with zero attached hydrogens (tertiary/aromatic N) is 2. The lowest BCUT2D eigenvalue weighted by Gasteiger charge is -2.39. The van der Waals surface area contributed by atoms with Crippen molar-refractivity contribution in [1.29, 1.82) is 0 Å². The number of quaternary nitrogens is 2. The Morgan fingerprint density at radius 2 is 0.400 bits per heavy atom. The monoisotopic (exact) mass is 845 g/mol. The maximum atomic E-state index is 9.90. The van der Waals surface area contributed by atoms with Crippen LogP contribution in [0, 0.1) is 0 Å². The van der Waals surface area contributed by atoms with E-state index in [9.17, 15) is 20.4 Å². The van der Waals surface area contributed by atoms with E-state index in [0.717, 1.165) is 74.2 Å². The van der Waals surface area contributed by atoms with Crippen LogP contribution >= 0.6 is 0 Å². The summed E-state index contributed by atoms with van der Waals surface area (Å²) in [5, 5.41) is 39.6. The third-order valence-corrected chi connectivity index (χ3v) is 11.3. The molecule has 50 heavy (non-hydrogen) atoms. The number of hydrogen-bond acceptors (Lipinski definition) is 4. The maximum Gasteiger partial charge on any atom is 0.102 e. The molecule has 0 spiro atoms. The molecule has 306 valence electrons. The summed E-state index contributed by atoms with van der Waals surface area (Å²) >= 11 is 0. The first kappa shape index (κ1) is 55.1. The second-order valence-electron chi connectivity index (χ2n) is 15.6. The predicted octanol–water partition coefficient (Wildman–Crippen LogP) is 3.56. The summed E-state index contributed by atoms with van der Waals surface area (Å²) in [5.74, 6) is 0. The van der Waals surface area contributed by atoms with Crippen molar-refractivity contribution in [3.63, 3.8) is 0 Å². The Balaban J connectivity index is -0.0000110. The van der Waals surface area contributed by atoms with Crippen molar-refractivity contribution < 1.29 is 63.4 Å². The Kier molecular flexibility index (Phi) is 46.8. The summed E-state index contributed by atoms with van der Waals surface area (Å²) < 4.78 is 1.72. The molecule has 0 aliphatic carbocycles. The fraction of sp³-hybridized carbons (Fsp3) is 1.00. The van der Waals surface area contributed by atoms with Crippen LogP contribution in [0.2, 0.25) is 0 Å². The van der Waals surface area contributed by atoms with Crippen LogP contribution in [0.25, 0.3) is 0 Å². The number of aliphatic hydroxyl groups excluding tert-OH is 4. The molecule has 0 aromatic rings. The van der Waals surface area contributed by atoms with Crippen molar-refractivity contribution in [3.8, 4) is 0 Å². The fourth-order valence-electron chi connectivity index (χ4n) is 8.01. The average Bonchev–Trinajstić information content (AvgIpc) is 3.08. The fourth-order valence-corrected chi connectivity index (χ4v) is 8.01. The van der Waals surface area contributed by atoms with Crippen molar-refractivity contribution in [3.05, 3.63) is 0 Å². The SMILES string of the molecule is CCCCCCCCCCCCCC[N+](CCO)(CCO)CCCCCC[N+](CCO)(CCO)CCCCCCCCCCCCCC.[Br-].[Br-]. The van der Waals surface area contributed by atoms with Gasteiger partial charge in [0, 0.05) is 0 Å². The predicted molar refractivity (Wildman–Crippen MR) is 208 cm³/mol. The second kappa shape index (κ2) is 42.5. The Morgan fingerprint density at radius 1 is 0.240 bits per heavy atom. The van der Waals surface area contributed by atoms with Crippen LogP contribution in [0.4, 0.5) is 0 Å². The summed E-state index contributed by atoms with van der Waals surface area (Å²) in [4.78, 5) is 0. The number of unbranched alkanes of at least 4 members (excludes halogenated alkanes) is 25. The van der Waals surface area contributed by atoms with Crippen LogP contribution in [0.15, 0.2) is 0 Å². The molecule has 0 unspecified atom stereocenters. The first-order valence-corrected chi connectivity index (χ1v) is 21.7. The van der Waals surface area contributed by atoms with Gasteiger partial charge >= 0.3 is 0 Å². The quantitative estimate of drug-likeness (QED) is 0.0562. The first-order valence-electron chi connectivity index (χ1n) is 21.7. The molecular formula is C42H90Br2N2O4. The van der Waals surface area contributed by atoms with Crippen molar-refractivity contribution in [1.82, 2.24) is 0 Å². The molecule has 0 aliphatic rings. The number of hydrogen-bond donors (Lipinski definition) is 4. The Hall–Kier alpha value is 0.720. The minimum absolute atomic E-state index is 0. The highest BCUT2D eigenvalue weighted by molar-refractivity contribution is 4.55. The van der Waals surface area contributed by atoms with E-state index in [1.54, 1.807) is 0 Å². The number of aliphatic hydroxyl groups is 4. The molecule has 0 bridgehead atoms. The average molecular weight is 847 g/mol. The highest BCUT2D eigenvalue weighted by Gasteiger charge is 2.27. The molecule has 0 atom stereocenters. The van der Waals surface area contributed by atoms with Crippen molar-refractivity contribution in [2.45, 2.75) is 194 Å². The minimum atomic E-state index is 0. The molecule has 6 nitrogen and oxygen atoms in total. The molecule has 0 saturated heterocycles. The molecule has 4 N–H and O–H groups in total. The maximum absolute atomic E-state index is 9.90. The van der Waals surface area contributed by atoms with Gasteiger partial charge in [-0.25, -0.2) is 0 Å². The van der Waals surface area contributed by atoms with E-state index < -0.39 is 0 Å². The van der Waals surface area contributed by atoms with Crippen LogP contribution in [0.5, 0.6) is 0 Å². The van der Waals surface area contributed by atoms with Gasteiger partial charge in [0.25, 0.3) is 0 Å². The van der Waals surface area contributed by atoms with Crippen molar-refractivity contribution in [2.24, 2.45) is 0 Å². The first-order chi connectivity index (χ1) is 23.6. The second-order valence-corrected chi connectivity index (χ2v) is 15.6. The highest BCUT2D eigenvalue weighted by atomic mass is 79.9. The van der Waals surface area contributed by atoms with Gasteiger partial charge in [0.1, 0.15) is 26.2 Å². The van der Waals surface area contributed by atoms with E-state index in [1.807, 2.05) is 0 Å². The summed E-state index contributed by atoms with van der Waals surface area (Å²) in [6.45, 7) is 12.6. The van der Waals surface area contributed by atoms with Crippen molar-refractivity contribution in [2.75, 3.05) is 78.8 Å². The van der Waals surface area contributed by atoms with Gasteiger partial charge in [-0.1, -0.05) is 142 Å². The largest absolute Gasteiger partial charge is 1.00 e. The molecule has 0 fully saturated rings. The van der Waals surface area contributed by atoms with Gasteiger partial charge in [-0.05, 0) is 51.4 Å². The standard InChI is InChI=1S/C42H90N2O4.2BrH/c1-3-5-7-9-11-13-15-17-19-21-23-27-31-43(35-39-45,36-40-46)33-29-25-26-30-34-44(37-41-47,38-42-48)32-28-24-22-20-18-16-14-12-10-8-6-4-2;;/h45-48H,3-42H2,1-2H3;2*1H/q+2;;/p-2. The van der Waals surface area contributed by atoms with E-state index in [0.29, 0.717) is 0 Å². The Bertz CT molecular complexity index is 569. The lowest BCUT2D eigenvalue weighted by molar-refractivity contribution is -0.929.